The molecule has 45 heavy (non-hydrogen) atoms. The summed E-state index contributed by atoms with van der Waals surface area (Å²) in [5, 5.41) is 0. The Morgan fingerprint density at radius 1 is 1.02 bits per heavy atom. The molecule has 3 saturated heterocycles. The lowest BCUT2D eigenvalue weighted by atomic mass is 9.62. The van der Waals surface area contributed by atoms with E-state index in [9.17, 15) is 14.4 Å². The summed E-state index contributed by atoms with van der Waals surface area (Å²) in [4.78, 5) is 56.3. The van der Waals surface area contributed by atoms with E-state index < -0.39 is 11.0 Å². The third-order valence-electron chi connectivity index (χ3n) is 10.6. The number of ketones is 2. The molecule has 11 nitrogen and oxygen atoms in total. The van der Waals surface area contributed by atoms with Gasteiger partial charge in [0.25, 0.3) is 0 Å². The zero-order valence-electron chi connectivity index (χ0n) is 27.6. The van der Waals surface area contributed by atoms with Crippen molar-refractivity contribution in [1.29, 1.82) is 0 Å². The Balaban J connectivity index is 1.32. The van der Waals surface area contributed by atoms with Crippen LogP contribution in [0.15, 0.2) is 11.6 Å². The summed E-state index contributed by atoms with van der Waals surface area (Å²) < 4.78 is 12.2. The smallest absolute Gasteiger partial charge is 0.410 e. The van der Waals surface area contributed by atoms with E-state index in [0.717, 1.165) is 51.5 Å². The first kappa shape index (κ1) is 31.8. The van der Waals surface area contributed by atoms with Gasteiger partial charge < -0.3 is 20.1 Å². The van der Waals surface area contributed by atoms with Crippen LogP contribution in [0.3, 0.4) is 0 Å². The Morgan fingerprint density at radius 3 is 2.38 bits per heavy atom. The van der Waals surface area contributed by atoms with Crippen molar-refractivity contribution in [2.45, 2.75) is 128 Å². The maximum atomic E-state index is 14.0. The number of hydrogen-bond acceptors (Lipinski definition) is 10. The number of carbonyl (C=O) groups excluding carboxylic acids is 3. The number of likely N-dealkylation sites (N-methyl/N-ethyl adjacent to an activating group) is 1. The highest BCUT2D eigenvalue weighted by Gasteiger charge is 2.50. The van der Waals surface area contributed by atoms with Gasteiger partial charge in [-0.05, 0) is 99.1 Å². The molecular weight excluding hydrogens is 572 g/mol. The number of aromatic nitrogens is 2. The van der Waals surface area contributed by atoms with Gasteiger partial charge in [-0.15, -0.1) is 0 Å². The molecule has 6 rings (SSSR count). The standard InChI is InChI=1S/C34H50N6O5/c1-21(25-11-9-17-38(25)5)44-28-18-27(39-19-22-13-14-23(20-39)40(22)32(43)45-33(2,3)4)36-31(37-28)29(35)24-10-8-16-34(30(24)42)15-7-6-12-26(34)41/h18,21-23,25H,6-17,19-20,35H2,1-5H3/t21-,22?,23?,25-,34+/m0/s1. The number of fused-ring (bicyclic) bond motifs is 2. The fourth-order valence-electron chi connectivity index (χ4n) is 8.33. The molecule has 2 bridgehead atoms. The highest BCUT2D eigenvalue weighted by atomic mass is 16.6. The molecule has 2 saturated carbocycles. The normalized spacial score (nSPS) is 31.0. The lowest BCUT2D eigenvalue weighted by Gasteiger charge is -2.42. The average Bonchev–Trinajstić information content (AvgIpc) is 3.54. The molecule has 5 aliphatic rings. The maximum Gasteiger partial charge on any atom is 0.410 e. The quantitative estimate of drug-likeness (QED) is 0.370. The Bertz CT molecular complexity index is 1360. The number of allylic oxidation sites excluding steroid dienone is 1. The van der Waals surface area contributed by atoms with Crippen LogP contribution >= 0.6 is 0 Å². The van der Waals surface area contributed by atoms with Crippen LogP contribution in [0.2, 0.25) is 0 Å². The third-order valence-corrected chi connectivity index (χ3v) is 10.6. The highest BCUT2D eigenvalue weighted by Crippen LogP contribution is 2.46. The minimum atomic E-state index is -0.952. The Kier molecular flexibility index (Phi) is 8.60. The van der Waals surface area contributed by atoms with Gasteiger partial charge in [0.05, 0.1) is 23.2 Å². The topological polar surface area (TPSA) is 131 Å². The predicted molar refractivity (Wildman–Crippen MR) is 171 cm³/mol. The maximum absolute atomic E-state index is 14.0. The summed E-state index contributed by atoms with van der Waals surface area (Å²) in [6.45, 7) is 9.96. The molecular formula is C34H50N6O5. The van der Waals surface area contributed by atoms with Gasteiger partial charge in [0, 0.05) is 37.2 Å². The van der Waals surface area contributed by atoms with E-state index in [1.807, 2.05) is 31.7 Å². The predicted octanol–water partition coefficient (Wildman–Crippen LogP) is 4.48. The molecule has 0 radical (unpaired) electrons. The molecule has 2 unspecified atom stereocenters. The molecule has 1 aromatic rings. The monoisotopic (exact) mass is 622 g/mol. The van der Waals surface area contributed by atoms with Crippen molar-refractivity contribution in [2.75, 3.05) is 31.6 Å². The first-order valence-corrected chi connectivity index (χ1v) is 17.0. The molecule has 4 heterocycles. The SMILES string of the molecule is C[C@H](Oc1cc(N2CC3CCC(C2)N3C(=O)OC(C)(C)C)nc(C(N)=C2CCC[C@@]3(CCCCC3=O)C2=O)n1)[C@@H]1CCCN1C. The van der Waals surface area contributed by atoms with Gasteiger partial charge in [0.2, 0.25) is 5.88 Å². The number of nitrogens with zero attached hydrogens (tertiary/aromatic N) is 5. The Morgan fingerprint density at radius 2 is 1.73 bits per heavy atom. The summed E-state index contributed by atoms with van der Waals surface area (Å²) in [6.07, 6.45) is 8.17. The first-order chi connectivity index (χ1) is 21.4. The molecule has 3 aliphatic heterocycles. The number of ether oxygens (including phenoxy) is 2. The summed E-state index contributed by atoms with van der Waals surface area (Å²) in [5.74, 6) is 1.26. The second-order valence-corrected chi connectivity index (χ2v) is 14.9. The second kappa shape index (κ2) is 12.2. The van der Waals surface area contributed by atoms with Crippen LogP contribution in [0.25, 0.3) is 5.70 Å². The highest BCUT2D eigenvalue weighted by molar-refractivity contribution is 6.17. The van der Waals surface area contributed by atoms with Crippen LogP contribution in [0.4, 0.5) is 10.6 Å². The minimum absolute atomic E-state index is 0.000224. The van der Waals surface area contributed by atoms with Gasteiger partial charge in [-0.3, -0.25) is 19.4 Å². The Labute approximate surface area is 266 Å². The summed E-state index contributed by atoms with van der Waals surface area (Å²) in [5.41, 5.74) is 5.99. The van der Waals surface area contributed by atoms with Crippen molar-refractivity contribution in [1.82, 2.24) is 19.8 Å². The lowest BCUT2D eigenvalue weighted by molar-refractivity contribution is -0.143. The zero-order chi connectivity index (χ0) is 32.1. The Hall–Kier alpha value is -3.21. The van der Waals surface area contributed by atoms with Gasteiger partial charge in [0.15, 0.2) is 11.6 Å². The second-order valence-electron chi connectivity index (χ2n) is 14.9. The van der Waals surface area contributed by atoms with Crippen LogP contribution in [0.1, 0.15) is 104 Å². The van der Waals surface area contributed by atoms with Crippen LogP contribution in [-0.2, 0) is 14.3 Å². The van der Waals surface area contributed by atoms with E-state index in [-0.39, 0.29) is 53.4 Å². The number of likely N-dealkylation sites (tertiary alicyclic amines) is 1. The third kappa shape index (κ3) is 6.16. The molecule has 11 heteroatoms. The lowest BCUT2D eigenvalue weighted by Crippen LogP contribution is -2.57. The molecule has 5 atom stereocenters. The number of nitrogens with two attached hydrogens (primary N) is 1. The average molecular weight is 623 g/mol. The van der Waals surface area contributed by atoms with Crippen molar-refractivity contribution < 1.29 is 23.9 Å². The van der Waals surface area contributed by atoms with Gasteiger partial charge in [-0.1, -0.05) is 6.42 Å². The molecule has 5 fully saturated rings. The van der Waals surface area contributed by atoms with Crippen molar-refractivity contribution in [3.8, 4) is 5.88 Å². The van der Waals surface area contributed by atoms with Gasteiger partial charge >= 0.3 is 6.09 Å². The van der Waals surface area contributed by atoms with Crippen LogP contribution in [0.5, 0.6) is 5.88 Å². The van der Waals surface area contributed by atoms with E-state index in [4.69, 9.17) is 25.2 Å². The van der Waals surface area contributed by atoms with Gasteiger partial charge in [-0.2, -0.15) is 4.98 Å². The summed E-state index contributed by atoms with van der Waals surface area (Å²) >= 11 is 0. The molecule has 1 amide bonds. The fourth-order valence-corrected chi connectivity index (χ4v) is 8.33. The minimum Gasteiger partial charge on any atom is -0.473 e. The summed E-state index contributed by atoms with van der Waals surface area (Å²) in [6, 6.07) is 2.14. The summed E-state index contributed by atoms with van der Waals surface area (Å²) in [7, 11) is 2.12. The number of amides is 1. The van der Waals surface area contributed by atoms with Crippen molar-refractivity contribution in [3.05, 3.63) is 17.5 Å². The van der Waals surface area contributed by atoms with Gasteiger partial charge in [-0.25, -0.2) is 9.78 Å². The van der Waals surface area contributed by atoms with E-state index in [2.05, 4.69) is 23.8 Å². The zero-order valence-corrected chi connectivity index (χ0v) is 27.6. The first-order valence-electron chi connectivity index (χ1n) is 17.0. The molecule has 1 aromatic heterocycles. The molecule has 2 N–H and O–H groups in total. The van der Waals surface area contributed by atoms with E-state index in [1.54, 1.807) is 0 Å². The van der Waals surface area contributed by atoms with Crippen molar-refractivity contribution in [2.24, 2.45) is 11.1 Å². The van der Waals surface area contributed by atoms with Crippen LogP contribution < -0.4 is 15.4 Å². The number of rotatable bonds is 5. The van der Waals surface area contributed by atoms with E-state index >= 15 is 0 Å². The number of piperazine rings is 1. The van der Waals surface area contributed by atoms with Gasteiger partial charge in [0.1, 0.15) is 23.3 Å². The molecule has 2 aliphatic carbocycles. The van der Waals surface area contributed by atoms with E-state index in [1.165, 1.54) is 0 Å². The number of Topliss-reactive ketones (excluding diaryl/α,β-unsaturated/α-hetero) is 2. The largest absolute Gasteiger partial charge is 0.473 e. The van der Waals surface area contributed by atoms with E-state index in [0.29, 0.717) is 56.0 Å². The molecule has 1 spiro atoms. The van der Waals surface area contributed by atoms with Crippen LogP contribution in [0, 0.1) is 5.41 Å². The molecule has 246 valence electrons. The van der Waals surface area contributed by atoms with Crippen molar-refractivity contribution in [3.63, 3.8) is 0 Å². The van der Waals surface area contributed by atoms with Crippen molar-refractivity contribution >= 4 is 29.2 Å². The van der Waals surface area contributed by atoms with Crippen LogP contribution in [-0.4, -0.2) is 93.9 Å². The number of hydrogen-bond donors (Lipinski definition) is 1. The fraction of sp³-hybridized carbons (Fsp3) is 0.735. The number of carbonyl (C=O) groups is 3. The molecule has 0 aromatic carbocycles. The number of anilines is 1.